The van der Waals surface area contributed by atoms with Gasteiger partial charge in [-0.25, -0.2) is 9.59 Å². The fourth-order valence-corrected chi connectivity index (χ4v) is 3.45. The van der Waals surface area contributed by atoms with Crippen molar-refractivity contribution in [1.29, 1.82) is 0 Å². The van der Waals surface area contributed by atoms with E-state index in [1.54, 1.807) is 31.4 Å². The molecule has 0 bridgehead atoms. The van der Waals surface area contributed by atoms with Crippen LogP contribution in [0, 0.1) is 0 Å². The van der Waals surface area contributed by atoms with Crippen LogP contribution in [0.2, 0.25) is 0 Å². The molecule has 2 N–H and O–H groups in total. The molecular weight excluding hydrogens is 412 g/mol. The Bertz CT molecular complexity index is 1060. The van der Waals surface area contributed by atoms with Gasteiger partial charge < -0.3 is 23.9 Å². The van der Waals surface area contributed by atoms with E-state index in [-0.39, 0.29) is 19.1 Å². The second-order valence-electron chi connectivity index (χ2n) is 7.56. The number of carbonyl (C=O) groups excluding carboxylic acids is 1. The van der Waals surface area contributed by atoms with Crippen molar-refractivity contribution in [2.24, 2.45) is 0 Å². The summed E-state index contributed by atoms with van der Waals surface area (Å²) in [5.41, 5.74) is 2.45. The molecule has 0 saturated carbocycles. The highest BCUT2D eigenvalue weighted by atomic mass is 16.5. The summed E-state index contributed by atoms with van der Waals surface area (Å²) in [6.07, 6.45) is 0.547. The fraction of sp³-hybridized carbons (Fsp3) is 0.333. The van der Waals surface area contributed by atoms with E-state index in [0.717, 1.165) is 16.5 Å². The van der Waals surface area contributed by atoms with Crippen LogP contribution in [0.15, 0.2) is 54.7 Å². The number of carbonyl (C=O) groups is 2. The van der Waals surface area contributed by atoms with Crippen molar-refractivity contribution in [2.45, 2.75) is 39.0 Å². The van der Waals surface area contributed by atoms with Gasteiger partial charge in [-0.3, -0.25) is 5.32 Å². The predicted octanol–water partition coefficient (Wildman–Crippen LogP) is 4.32. The van der Waals surface area contributed by atoms with Gasteiger partial charge in [0, 0.05) is 29.2 Å². The number of anilines is 1. The summed E-state index contributed by atoms with van der Waals surface area (Å²) < 4.78 is 17.9. The van der Waals surface area contributed by atoms with Gasteiger partial charge in [0.15, 0.2) is 6.10 Å². The van der Waals surface area contributed by atoms with E-state index in [1.807, 2.05) is 48.9 Å². The number of hydrogen-bond acceptors (Lipinski definition) is 5. The number of ether oxygens (including phenoxy) is 3. The summed E-state index contributed by atoms with van der Waals surface area (Å²) in [6, 6.07) is 14.7. The van der Waals surface area contributed by atoms with Crippen LogP contribution in [0.1, 0.15) is 19.4 Å². The van der Waals surface area contributed by atoms with Gasteiger partial charge >= 0.3 is 12.1 Å². The number of carboxylic acids is 1. The lowest BCUT2D eigenvalue weighted by atomic mass is 10.0. The maximum Gasteiger partial charge on any atom is 0.411 e. The molecule has 2 aromatic carbocycles. The fourth-order valence-electron chi connectivity index (χ4n) is 3.45. The first-order chi connectivity index (χ1) is 15.4. The van der Waals surface area contributed by atoms with E-state index < -0.39 is 18.2 Å². The molecule has 3 aromatic rings. The van der Waals surface area contributed by atoms with Crippen molar-refractivity contribution in [3.8, 4) is 5.75 Å². The molecular formula is C24H28N2O6. The standard InChI is InChI=1S/C24H28N2O6/c1-16(2)32-22(23(27)28)15-17-5-4-6-21-20(17)11-12-26(21)13-14-31-24(29)25-18-7-9-19(30-3)10-8-18/h4-12,16,22H,13-15H2,1-3H3,(H,25,29)(H,27,28). The zero-order valence-corrected chi connectivity index (χ0v) is 18.4. The van der Waals surface area contributed by atoms with Crippen molar-refractivity contribution in [3.63, 3.8) is 0 Å². The number of benzene rings is 2. The Kier molecular flexibility index (Phi) is 7.72. The molecule has 1 atom stereocenters. The molecule has 32 heavy (non-hydrogen) atoms. The maximum absolute atomic E-state index is 12.0. The third kappa shape index (κ3) is 6.01. The predicted molar refractivity (Wildman–Crippen MR) is 121 cm³/mol. The lowest BCUT2D eigenvalue weighted by molar-refractivity contribution is -0.153. The average Bonchev–Trinajstić information content (AvgIpc) is 3.17. The van der Waals surface area contributed by atoms with Gasteiger partial charge in [-0.15, -0.1) is 0 Å². The SMILES string of the molecule is COc1ccc(NC(=O)OCCn2ccc3c(CC(OC(C)C)C(=O)O)cccc32)cc1. The lowest BCUT2D eigenvalue weighted by Gasteiger charge is -2.17. The summed E-state index contributed by atoms with van der Waals surface area (Å²) in [5.74, 6) is -0.278. The number of nitrogens with one attached hydrogen (secondary N) is 1. The molecule has 1 amide bonds. The van der Waals surface area contributed by atoms with Crippen molar-refractivity contribution >= 4 is 28.7 Å². The van der Waals surface area contributed by atoms with E-state index >= 15 is 0 Å². The van der Waals surface area contributed by atoms with Crippen molar-refractivity contribution in [3.05, 3.63) is 60.3 Å². The van der Waals surface area contributed by atoms with Crippen molar-refractivity contribution in [1.82, 2.24) is 4.57 Å². The second kappa shape index (κ2) is 10.7. The third-order valence-electron chi connectivity index (χ3n) is 4.92. The first kappa shape index (κ1) is 23.1. The highest BCUT2D eigenvalue weighted by molar-refractivity contribution is 5.85. The minimum Gasteiger partial charge on any atom is -0.497 e. The van der Waals surface area contributed by atoms with Crippen LogP contribution < -0.4 is 10.1 Å². The van der Waals surface area contributed by atoms with Crippen LogP contribution in [0.3, 0.4) is 0 Å². The molecule has 0 spiro atoms. The van der Waals surface area contributed by atoms with Gasteiger partial charge in [-0.05, 0) is 55.8 Å². The number of amides is 1. The molecule has 1 aromatic heterocycles. The minimum atomic E-state index is -0.980. The summed E-state index contributed by atoms with van der Waals surface area (Å²) in [5, 5.41) is 13.1. The Balaban J connectivity index is 1.60. The number of rotatable bonds is 10. The first-order valence-corrected chi connectivity index (χ1v) is 10.4. The van der Waals surface area contributed by atoms with E-state index in [1.165, 1.54) is 0 Å². The van der Waals surface area contributed by atoms with E-state index in [0.29, 0.717) is 18.0 Å². The summed E-state index contributed by atoms with van der Waals surface area (Å²) in [4.78, 5) is 23.6. The molecule has 0 aliphatic carbocycles. The Labute approximate surface area is 186 Å². The lowest BCUT2D eigenvalue weighted by Crippen LogP contribution is -2.29. The third-order valence-corrected chi connectivity index (χ3v) is 4.92. The van der Waals surface area contributed by atoms with Gasteiger partial charge in [0.25, 0.3) is 0 Å². The Morgan fingerprint density at radius 1 is 1.09 bits per heavy atom. The maximum atomic E-state index is 12.0. The average molecular weight is 440 g/mol. The summed E-state index contributed by atoms with van der Waals surface area (Å²) in [7, 11) is 1.58. The molecule has 0 radical (unpaired) electrons. The normalized spacial score (nSPS) is 12.0. The summed E-state index contributed by atoms with van der Waals surface area (Å²) in [6.45, 7) is 4.29. The number of aromatic nitrogens is 1. The molecule has 170 valence electrons. The number of fused-ring (bicyclic) bond motifs is 1. The smallest absolute Gasteiger partial charge is 0.411 e. The first-order valence-electron chi connectivity index (χ1n) is 10.4. The van der Waals surface area contributed by atoms with E-state index in [4.69, 9.17) is 14.2 Å². The molecule has 1 unspecified atom stereocenters. The highest BCUT2D eigenvalue weighted by Gasteiger charge is 2.21. The van der Waals surface area contributed by atoms with E-state index in [2.05, 4.69) is 5.32 Å². The summed E-state index contributed by atoms with van der Waals surface area (Å²) >= 11 is 0. The van der Waals surface area contributed by atoms with Crippen LogP contribution in [-0.4, -0.2) is 47.7 Å². The van der Waals surface area contributed by atoms with E-state index in [9.17, 15) is 14.7 Å². The van der Waals surface area contributed by atoms with Gasteiger partial charge in [-0.1, -0.05) is 12.1 Å². The van der Waals surface area contributed by atoms with Crippen molar-refractivity contribution < 1.29 is 28.9 Å². The topological polar surface area (TPSA) is 99.0 Å². The Morgan fingerprint density at radius 2 is 1.84 bits per heavy atom. The molecule has 0 aliphatic rings. The minimum absolute atomic E-state index is 0.180. The molecule has 8 heteroatoms. The molecule has 0 aliphatic heterocycles. The van der Waals surface area contributed by atoms with Gasteiger partial charge in [-0.2, -0.15) is 0 Å². The monoisotopic (exact) mass is 440 g/mol. The van der Waals surface area contributed by atoms with Crippen LogP contribution in [0.25, 0.3) is 10.9 Å². The number of carboxylic acid groups (broad SMARTS) is 1. The second-order valence-corrected chi connectivity index (χ2v) is 7.56. The van der Waals surface area contributed by atoms with Gasteiger partial charge in [0.1, 0.15) is 12.4 Å². The van der Waals surface area contributed by atoms with Crippen LogP contribution in [-0.2, 0) is 27.2 Å². The zero-order chi connectivity index (χ0) is 23.1. The highest BCUT2D eigenvalue weighted by Crippen LogP contribution is 2.23. The largest absolute Gasteiger partial charge is 0.497 e. The Hall–Kier alpha value is -3.52. The van der Waals surface area contributed by atoms with Crippen LogP contribution >= 0.6 is 0 Å². The zero-order valence-electron chi connectivity index (χ0n) is 18.4. The molecule has 1 heterocycles. The van der Waals surface area contributed by atoms with Crippen molar-refractivity contribution in [2.75, 3.05) is 19.0 Å². The number of nitrogens with zero attached hydrogens (tertiary/aromatic N) is 1. The van der Waals surface area contributed by atoms with Gasteiger partial charge in [0.05, 0.1) is 19.8 Å². The number of methoxy groups -OCH3 is 1. The molecule has 0 fully saturated rings. The molecule has 8 nitrogen and oxygen atoms in total. The van der Waals surface area contributed by atoms with Crippen LogP contribution in [0.4, 0.5) is 10.5 Å². The Morgan fingerprint density at radius 3 is 2.50 bits per heavy atom. The number of hydrogen-bond donors (Lipinski definition) is 2. The number of aliphatic carboxylic acids is 1. The van der Waals surface area contributed by atoms with Crippen LogP contribution in [0.5, 0.6) is 5.75 Å². The quantitative estimate of drug-likeness (QED) is 0.487. The molecule has 3 rings (SSSR count). The van der Waals surface area contributed by atoms with Gasteiger partial charge in [0.2, 0.25) is 0 Å². The molecule has 0 saturated heterocycles.